The molecule has 0 aromatic carbocycles. The second-order valence-electron chi connectivity index (χ2n) is 2.72. The van der Waals surface area contributed by atoms with Crippen LogP contribution in [0.25, 0.3) is 0 Å². The van der Waals surface area contributed by atoms with Crippen LogP contribution in [0.15, 0.2) is 0 Å². The Bertz CT molecular complexity index is 37.8. The molecule has 0 heterocycles. The van der Waals surface area contributed by atoms with Crippen molar-refractivity contribution in [3.8, 4) is 0 Å². The van der Waals surface area contributed by atoms with Gasteiger partial charge in [0.25, 0.3) is 0 Å². The average molecular weight is 128 g/mol. The third-order valence-electron chi connectivity index (χ3n) is 0.474. The van der Waals surface area contributed by atoms with Gasteiger partial charge in [-0.15, -0.1) is 0 Å². The maximum absolute atomic E-state index is 8.40. The van der Waals surface area contributed by atoms with Crippen LogP contribution in [0.5, 0.6) is 0 Å². The Morgan fingerprint density at radius 1 is 1.29 bits per heavy atom. The third-order valence-corrected chi connectivity index (χ3v) is 0.474. The number of hydrogen-bond donors (Lipinski definition) is 1. The van der Waals surface area contributed by atoms with Gasteiger partial charge in [-0.2, -0.15) is 0 Å². The fourth-order valence-corrected chi connectivity index (χ4v) is 0. The van der Waals surface area contributed by atoms with Crippen molar-refractivity contribution in [2.45, 2.75) is 20.8 Å². The van der Waals surface area contributed by atoms with Crippen LogP contribution < -0.4 is 0 Å². The molecule has 0 spiro atoms. The number of rotatable bonds is 0. The second-order valence-corrected chi connectivity index (χ2v) is 2.72. The minimum atomic E-state index is 0. The standard InChI is InChI=1S/C5H12O.K.H/c1-5(2,3)4-6;;/h6H,4H2,1-3H3;;. The zero-order valence-electron chi connectivity index (χ0n) is 4.65. The molecule has 0 aliphatic heterocycles. The first-order valence-electron chi connectivity index (χ1n) is 2.17. The van der Waals surface area contributed by atoms with Crippen molar-refractivity contribution in [1.29, 1.82) is 0 Å². The van der Waals surface area contributed by atoms with Gasteiger partial charge in [-0.25, -0.2) is 0 Å². The molecule has 0 saturated carbocycles. The van der Waals surface area contributed by atoms with Crippen LogP contribution in [0.4, 0.5) is 0 Å². The summed E-state index contributed by atoms with van der Waals surface area (Å²) in [5.41, 5.74) is 0.0972. The van der Waals surface area contributed by atoms with E-state index in [2.05, 4.69) is 0 Å². The summed E-state index contributed by atoms with van der Waals surface area (Å²) in [6.45, 7) is 6.25. The quantitative estimate of drug-likeness (QED) is 0.468. The molecule has 0 bridgehead atoms. The van der Waals surface area contributed by atoms with Crippen LogP contribution in [0.3, 0.4) is 0 Å². The van der Waals surface area contributed by atoms with Gasteiger partial charge in [0.2, 0.25) is 0 Å². The topological polar surface area (TPSA) is 20.2 Å². The summed E-state index contributed by atoms with van der Waals surface area (Å²) in [4.78, 5) is 0. The normalized spacial score (nSPS) is 10.3. The molecule has 0 fully saturated rings. The van der Waals surface area contributed by atoms with Gasteiger partial charge >= 0.3 is 51.4 Å². The van der Waals surface area contributed by atoms with Crippen LogP contribution in [-0.2, 0) is 0 Å². The Morgan fingerprint density at radius 2 is 1.43 bits per heavy atom. The SMILES string of the molecule is CC(C)(C)CO.[KH]. The first-order chi connectivity index (χ1) is 2.56. The van der Waals surface area contributed by atoms with Gasteiger partial charge in [-0.3, -0.25) is 0 Å². The van der Waals surface area contributed by atoms with Gasteiger partial charge in [0.05, 0.1) is 0 Å². The van der Waals surface area contributed by atoms with Crippen molar-refractivity contribution in [3.63, 3.8) is 0 Å². The summed E-state index contributed by atoms with van der Waals surface area (Å²) in [6.07, 6.45) is 0. The third kappa shape index (κ3) is 11.3. The van der Waals surface area contributed by atoms with Crippen molar-refractivity contribution in [3.05, 3.63) is 0 Å². The van der Waals surface area contributed by atoms with E-state index in [0.29, 0.717) is 0 Å². The molecular weight excluding hydrogens is 115 g/mol. The van der Waals surface area contributed by atoms with Gasteiger partial charge in [-0.05, 0) is 5.41 Å². The molecule has 1 nitrogen and oxygen atoms in total. The van der Waals surface area contributed by atoms with Gasteiger partial charge in [-0.1, -0.05) is 20.8 Å². The van der Waals surface area contributed by atoms with Crippen molar-refractivity contribution >= 4 is 51.4 Å². The first kappa shape index (κ1) is 11.4. The Labute approximate surface area is 87.9 Å². The Morgan fingerprint density at radius 3 is 1.43 bits per heavy atom. The van der Waals surface area contributed by atoms with E-state index in [1.807, 2.05) is 20.8 Å². The van der Waals surface area contributed by atoms with E-state index in [1.54, 1.807) is 0 Å². The fourth-order valence-electron chi connectivity index (χ4n) is 0. The van der Waals surface area contributed by atoms with Crippen LogP contribution in [0.2, 0.25) is 0 Å². The van der Waals surface area contributed by atoms with Gasteiger partial charge in [0, 0.05) is 6.61 Å². The van der Waals surface area contributed by atoms with E-state index < -0.39 is 0 Å². The van der Waals surface area contributed by atoms with Crippen molar-refractivity contribution < 1.29 is 5.11 Å². The van der Waals surface area contributed by atoms with Crippen molar-refractivity contribution in [2.75, 3.05) is 6.61 Å². The first-order valence-corrected chi connectivity index (χ1v) is 2.17. The summed E-state index contributed by atoms with van der Waals surface area (Å²) in [5.74, 6) is 0. The molecule has 0 saturated heterocycles. The molecule has 0 aliphatic carbocycles. The molecule has 0 aliphatic rings. The van der Waals surface area contributed by atoms with Crippen LogP contribution in [0, 0.1) is 5.41 Å². The number of hydrogen-bond acceptors (Lipinski definition) is 1. The molecule has 0 radical (unpaired) electrons. The molecule has 0 unspecified atom stereocenters. The number of aliphatic hydroxyl groups excluding tert-OH is 1. The maximum atomic E-state index is 8.40. The second kappa shape index (κ2) is 4.47. The van der Waals surface area contributed by atoms with Gasteiger partial charge < -0.3 is 5.11 Å². The van der Waals surface area contributed by atoms with Crippen LogP contribution in [-0.4, -0.2) is 63.1 Å². The monoisotopic (exact) mass is 128 g/mol. The molecule has 0 atom stereocenters. The molecule has 0 rings (SSSR count). The summed E-state index contributed by atoms with van der Waals surface area (Å²) >= 11 is 0. The van der Waals surface area contributed by atoms with E-state index in [4.69, 9.17) is 5.11 Å². The van der Waals surface area contributed by atoms with E-state index in [1.165, 1.54) is 0 Å². The zero-order chi connectivity index (χ0) is 5.21. The van der Waals surface area contributed by atoms with E-state index >= 15 is 0 Å². The minimum absolute atomic E-state index is 0. The van der Waals surface area contributed by atoms with Crippen LogP contribution in [0.1, 0.15) is 20.8 Å². The summed E-state index contributed by atoms with van der Waals surface area (Å²) in [6, 6.07) is 0. The predicted octanol–water partition coefficient (Wildman–Crippen LogP) is 0.376. The molecule has 40 valence electrons. The molecule has 7 heavy (non-hydrogen) atoms. The van der Waals surface area contributed by atoms with E-state index in [9.17, 15) is 0 Å². The van der Waals surface area contributed by atoms with Gasteiger partial charge in [0.15, 0.2) is 0 Å². The number of aliphatic hydroxyl groups is 1. The average Bonchev–Trinajstić information content (AvgIpc) is 1.35. The Balaban J connectivity index is 0. The van der Waals surface area contributed by atoms with Crippen LogP contribution >= 0.6 is 0 Å². The molecule has 0 aromatic rings. The Kier molecular flexibility index (Phi) is 7.28. The summed E-state index contributed by atoms with van der Waals surface area (Å²) in [7, 11) is 0. The molecule has 0 amide bonds. The van der Waals surface area contributed by atoms with Crippen molar-refractivity contribution in [1.82, 2.24) is 0 Å². The molecular formula is C5H13KO. The zero-order valence-corrected chi connectivity index (χ0v) is 4.65. The molecule has 2 heteroatoms. The Hall–Kier alpha value is 1.60. The predicted molar refractivity (Wildman–Crippen MR) is 33.7 cm³/mol. The van der Waals surface area contributed by atoms with E-state index in [-0.39, 0.29) is 63.4 Å². The van der Waals surface area contributed by atoms with E-state index in [0.717, 1.165) is 0 Å². The summed E-state index contributed by atoms with van der Waals surface area (Å²) < 4.78 is 0. The molecule has 0 aromatic heterocycles. The fraction of sp³-hybridized carbons (Fsp3) is 1.00. The summed E-state index contributed by atoms with van der Waals surface area (Å²) in [5, 5.41) is 8.40. The van der Waals surface area contributed by atoms with Crippen molar-refractivity contribution in [2.24, 2.45) is 5.41 Å². The van der Waals surface area contributed by atoms with Gasteiger partial charge in [0.1, 0.15) is 0 Å². The molecule has 1 N–H and O–H groups in total.